The molecule has 0 saturated carbocycles. The van der Waals surface area contributed by atoms with Crippen molar-refractivity contribution >= 4 is 27.5 Å². The Morgan fingerprint density at radius 3 is 2.64 bits per heavy atom. The maximum absolute atomic E-state index is 10.4. The van der Waals surface area contributed by atoms with Crippen molar-refractivity contribution in [1.29, 1.82) is 0 Å². The molecule has 6 heteroatoms. The van der Waals surface area contributed by atoms with Gasteiger partial charge in [0.2, 0.25) is 5.91 Å². The fraction of sp³-hybridized carbons (Fsp3) is 0.800. The summed E-state index contributed by atoms with van der Waals surface area (Å²) in [5.41, 5.74) is 10.2. The van der Waals surface area contributed by atoms with Crippen LogP contribution in [0.25, 0.3) is 0 Å². The van der Waals surface area contributed by atoms with Crippen LogP contribution >= 0.6 is 21.6 Å². The molecule has 0 aromatic carbocycles. The summed E-state index contributed by atoms with van der Waals surface area (Å²) in [6.45, 7) is 0.142. The van der Waals surface area contributed by atoms with Crippen LogP contribution in [0.15, 0.2) is 0 Å². The molecular formula is C5H12N2O2S2. The van der Waals surface area contributed by atoms with E-state index < -0.39 is 11.9 Å². The number of carbonyl (C=O) groups is 1. The van der Waals surface area contributed by atoms with Crippen LogP contribution < -0.4 is 11.5 Å². The summed E-state index contributed by atoms with van der Waals surface area (Å²) in [4.78, 5) is 10.4. The highest BCUT2D eigenvalue weighted by Gasteiger charge is 2.07. The van der Waals surface area contributed by atoms with Gasteiger partial charge in [0.1, 0.15) is 0 Å². The fourth-order valence-corrected chi connectivity index (χ4v) is 2.20. The van der Waals surface area contributed by atoms with E-state index in [1.165, 1.54) is 21.6 Å². The van der Waals surface area contributed by atoms with Gasteiger partial charge in [0.15, 0.2) is 0 Å². The van der Waals surface area contributed by atoms with Crippen LogP contribution in [0.5, 0.6) is 0 Å². The predicted octanol–water partition coefficient (Wildman–Crippen LogP) is -0.827. The van der Waals surface area contributed by atoms with Crippen molar-refractivity contribution in [3.05, 3.63) is 0 Å². The van der Waals surface area contributed by atoms with E-state index in [0.29, 0.717) is 11.5 Å². The van der Waals surface area contributed by atoms with Gasteiger partial charge in [-0.2, -0.15) is 0 Å². The Kier molecular flexibility index (Phi) is 6.83. The van der Waals surface area contributed by atoms with Gasteiger partial charge in [-0.15, -0.1) is 0 Å². The van der Waals surface area contributed by atoms with E-state index >= 15 is 0 Å². The average Bonchev–Trinajstić information content (AvgIpc) is 1.97. The normalized spacial score (nSPS) is 12.9. The quantitative estimate of drug-likeness (QED) is 0.381. The lowest BCUT2D eigenvalue weighted by molar-refractivity contribution is -0.118. The monoisotopic (exact) mass is 196 g/mol. The zero-order chi connectivity index (χ0) is 8.69. The fourth-order valence-electron chi connectivity index (χ4n) is 0.300. The van der Waals surface area contributed by atoms with E-state index in [1.54, 1.807) is 0 Å². The maximum Gasteiger partial charge on any atom is 0.235 e. The number of amides is 1. The van der Waals surface area contributed by atoms with Gasteiger partial charge in [-0.25, -0.2) is 0 Å². The third-order valence-corrected chi connectivity index (χ3v) is 3.29. The number of carbonyl (C=O) groups excluding carboxylic acids is 1. The van der Waals surface area contributed by atoms with E-state index in [1.807, 2.05) is 0 Å². The Hall–Kier alpha value is 0.0900. The topological polar surface area (TPSA) is 89.3 Å². The van der Waals surface area contributed by atoms with Crippen molar-refractivity contribution in [2.75, 3.05) is 18.1 Å². The third kappa shape index (κ3) is 6.49. The molecule has 66 valence electrons. The summed E-state index contributed by atoms with van der Waals surface area (Å²) in [5.74, 6) is 0.665. The Balaban J connectivity index is 3.17. The van der Waals surface area contributed by atoms with Crippen LogP contribution in [0.4, 0.5) is 0 Å². The molecule has 0 fully saturated rings. The van der Waals surface area contributed by atoms with Gasteiger partial charge in [-0.3, -0.25) is 4.79 Å². The number of hydrogen-bond acceptors (Lipinski definition) is 5. The molecule has 0 aromatic heterocycles. The molecule has 0 spiro atoms. The highest BCUT2D eigenvalue weighted by molar-refractivity contribution is 8.76. The first-order valence-electron chi connectivity index (χ1n) is 3.08. The summed E-state index contributed by atoms with van der Waals surface area (Å²) in [6, 6.07) is -0.578. The van der Waals surface area contributed by atoms with Gasteiger partial charge in [0.25, 0.3) is 0 Å². The molecule has 11 heavy (non-hydrogen) atoms. The lowest BCUT2D eigenvalue weighted by Crippen LogP contribution is -2.38. The van der Waals surface area contributed by atoms with Crippen molar-refractivity contribution in [2.24, 2.45) is 11.5 Å². The Morgan fingerprint density at radius 1 is 1.55 bits per heavy atom. The highest BCUT2D eigenvalue weighted by atomic mass is 33.1. The van der Waals surface area contributed by atoms with Crippen molar-refractivity contribution in [2.45, 2.75) is 6.04 Å². The SMILES string of the molecule is NC(=O)[C@@H](N)CSSCCO. The lowest BCUT2D eigenvalue weighted by Gasteiger charge is -2.04. The molecule has 1 atom stereocenters. The van der Waals surface area contributed by atoms with Gasteiger partial charge in [0, 0.05) is 11.5 Å². The Bertz CT molecular complexity index is 123. The zero-order valence-electron chi connectivity index (χ0n) is 6.03. The predicted molar refractivity (Wildman–Crippen MR) is 49.2 cm³/mol. The molecular weight excluding hydrogens is 184 g/mol. The first-order valence-corrected chi connectivity index (χ1v) is 5.57. The summed E-state index contributed by atoms with van der Waals surface area (Å²) >= 11 is 0. The second kappa shape index (κ2) is 6.78. The van der Waals surface area contributed by atoms with Gasteiger partial charge in [-0.05, 0) is 0 Å². The molecule has 0 aromatic rings. The molecule has 0 saturated heterocycles. The number of aliphatic hydroxyl groups is 1. The zero-order valence-corrected chi connectivity index (χ0v) is 7.66. The Labute approximate surface area is 73.5 Å². The minimum Gasteiger partial charge on any atom is -0.395 e. The van der Waals surface area contributed by atoms with E-state index in [2.05, 4.69) is 0 Å². The second-order valence-electron chi connectivity index (χ2n) is 1.84. The highest BCUT2D eigenvalue weighted by Crippen LogP contribution is 2.20. The largest absolute Gasteiger partial charge is 0.395 e. The van der Waals surface area contributed by atoms with Crippen LogP contribution in [0, 0.1) is 0 Å². The molecule has 0 rings (SSSR count). The molecule has 5 N–H and O–H groups in total. The molecule has 0 unspecified atom stereocenters. The molecule has 0 bridgehead atoms. The first kappa shape index (κ1) is 11.1. The Morgan fingerprint density at radius 2 is 2.18 bits per heavy atom. The number of hydrogen-bond donors (Lipinski definition) is 3. The van der Waals surface area contributed by atoms with E-state index in [0.717, 1.165) is 0 Å². The summed E-state index contributed by atoms with van der Waals surface area (Å²) in [6.07, 6.45) is 0. The molecule has 0 aliphatic heterocycles. The lowest BCUT2D eigenvalue weighted by atomic mass is 10.4. The van der Waals surface area contributed by atoms with Crippen molar-refractivity contribution in [3.63, 3.8) is 0 Å². The molecule has 1 amide bonds. The molecule has 0 aliphatic rings. The minimum atomic E-state index is -0.578. The third-order valence-electron chi connectivity index (χ3n) is 0.871. The van der Waals surface area contributed by atoms with E-state index in [-0.39, 0.29) is 6.61 Å². The van der Waals surface area contributed by atoms with Crippen LogP contribution in [0.2, 0.25) is 0 Å². The van der Waals surface area contributed by atoms with Crippen molar-refractivity contribution in [3.8, 4) is 0 Å². The van der Waals surface area contributed by atoms with E-state index in [4.69, 9.17) is 16.6 Å². The average molecular weight is 196 g/mol. The van der Waals surface area contributed by atoms with Crippen molar-refractivity contribution < 1.29 is 9.90 Å². The summed E-state index contributed by atoms with van der Waals surface area (Å²) in [7, 11) is 2.92. The number of primary amides is 1. The number of rotatable bonds is 6. The minimum absolute atomic E-state index is 0.142. The van der Waals surface area contributed by atoms with Crippen LogP contribution in [0.1, 0.15) is 0 Å². The first-order chi connectivity index (χ1) is 5.18. The second-order valence-corrected chi connectivity index (χ2v) is 4.47. The van der Waals surface area contributed by atoms with Gasteiger partial charge in [-0.1, -0.05) is 21.6 Å². The van der Waals surface area contributed by atoms with Crippen LogP contribution in [-0.4, -0.2) is 35.2 Å². The smallest absolute Gasteiger partial charge is 0.235 e. The standard InChI is InChI=1S/C5H12N2O2S2/c6-4(5(7)9)3-11-10-2-1-8/h4,8H,1-3,6H2,(H2,7,9)/t4-/m0/s1. The van der Waals surface area contributed by atoms with E-state index in [9.17, 15) is 4.79 Å². The van der Waals surface area contributed by atoms with Gasteiger partial charge in [0.05, 0.1) is 12.6 Å². The summed E-state index contributed by atoms with van der Waals surface area (Å²) in [5, 5.41) is 8.38. The summed E-state index contributed by atoms with van der Waals surface area (Å²) < 4.78 is 0. The van der Waals surface area contributed by atoms with Crippen LogP contribution in [-0.2, 0) is 4.79 Å². The van der Waals surface area contributed by atoms with Crippen molar-refractivity contribution in [1.82, 2.24) is 0 Å². The molecule has 0 radical (unpaired) electrons. The van der Waals surface area contributed by atoms with Gasteiger partial charge >= 0.3 is 0 Å². The molecule has 0 aliphatic carbocycles. The van der Waals surface area contributed by atoms with Gasteiger partial charge < -0.3 is 16.6 Å². The molecule has 0 heterocycles. The number of aliphatic hydroxyl groups excluding tert-OH is 1. The van der Waals surface area contributed by atoms with Crippen LogP contribution in [0.3, 0.4) is 0 Å². The maximum atomic E-state index is 10.4. The number of nitrogens with two attached hydrogens (primary N) is 2. The molecule has 4 nitrogen and oxygen atoms in total.